The number of carboxylic acids is 1. The molecule has 0 aromatic heterocycles. The maximum atomic E-state index is 11.4. The molecule has 1 rings (SSSR count). The van der Waals surface area contributed by atoms with Crippen molar-refractivity contribution in [3.8, 4) is 0 Å². The molecular weight excluding hydrogens is 198 g/mol. The Morgan fingerprint density at radius 1 is 1.53 bits per heavy atom. The number of rotatable bonds is 4. The van der Waals surface area contributed by atoms with E-state index < -0.39 is 5.97 Å². The first-order valence-corrected chi connectivity index (χ1v) is 5.24. The van der Waals surface area contributed by atoms with E-state index in [9.17, 15) is 9.59 Å². The fourth-order valence-corrected chi connectivity index (χ4v) is 1.84. The van der Waals surface area contributed by atoms with Crippen molar-refractivity contribution in [1.29, 1.82) is 0 Å². The lowest BCUT2D eigenvalue weighted by Crippen LogP contribution is -2.41. The molecule has 1 N–H and O–H groups in total. The number of carboxylic acid groups (broad SMARTS) is 1. The van der Waals surface area contributed by atoms with Crippen LogP contribution in [0.3, 0.4) is 0 Å². The molecule has 15 heavy (non-hydrogen) atoms. The molecule has 0 radical (unpaired) electrons. The normalized spacial score (nSPS) is 22.3. The van der Waals surface area contributed by atoms with Crippen LogP contribution in [0.15, 0.2) is 0 Å². The van der Waals surface area contributed by atoms with Crippen LogP contribution in [0.2, 0.25) is 0 Å². The van der Waals surface area contributed by atoms with Crippen molar-refractivity contribution in [1.82, 2.24) is 4.90 Å². The number of aliphatic carboxylic acids is 1. The molecule has 0 aromatic carbocycles. The molecule has 1 aliphatic heterocycles. The Kier molecular flexibility index (Phi) is 4.55. The Labute approximate surface area is 89.0 Å². The zero-order valence-corrected chi connectivity index (χ0v) is 8.94. The summed E-state index contributed by atoms with van der Waals surface area (Å²) in [6.07, 6.45) is 1.66. The number of carbonyl (C=O) groups is 2. The Morgan fingerprint density at radius 3 is 2.87 bits per heavy atom. The third-order valence-electron chi connectivity index (χ3n) is 2.48. The lowest BCUT2D eigenvalue weighted by Gasteiger charge is -2.29. The summed E-state index contributed by atoms with van der Waals surface area (Å²) in [7, 11) is 0. The van der Waals surface area contributed by atoms with E-state index in [1.54, 1.807) is 11.8 Å². The zero-order chi connectivity index (χ0) is 11.3. The summed E-state index contributed by atoms with van der Waals surface area (Å²) < 4.78 is 4.92. The number of hydrogen-bond donors (Lipinski definition) is 1. The predicted molar refractivity (Wildman–Crippen MR) is 53.4 cm³/mol. The minimum absolute atomic E-state index is 0.00983. The van der Waals surface area contributed by atoms with Gasteiger partial charge in [-0.2, -0.15) is 0 Å². The Morgan fingerprint density at radius 2 is 2.27 bits per heavy atom. The number of carbonyl (C=O) groups excluding carboxylic acids is 1. The fraction of sp³-hybridized carbons (Fsp3) is 0.800. The molecule has 1 unspecified atom stereocenters. The molecule has 5 heteroatoms. The summed E-state index contributed by atoms with van der Waals surface area (Å²) in [6.45, 7) is 3.42. The van der Waals surface area contributed by atoms with Gasteiger partial charge in [0.2, 0.25) is 0 Å². The topological polar surface area (TPSA) is 66.8 Å². The van der Waals surface area contributed by atoms with Gasteiger partial charge in [0.15, 0.2) is 0 Å². The van der Waals surface area contributed by atoms with Gasteiger partial charge in [-0.1, -0.05) is 0 Å². The highest BCUT2D eigenvalue weighted by Gasteiger charge is 2.27. The summed E-state index contributed by atoms with van der Waals surface area (Å²) in [5.74, 6) is -1.20. The van der Waals surface area contributed by atoms with E-state index in [0.29, 0.717) is 13.2 Å². The smallest absolute Gasteiger partial charge is 0.317 e. The summed E-state index contributed by atoms with van der Waals surface area (Å²) in [5.41, 5.74) is 0. The van der Waals surface area contributed by atoms with Crippen LogP contribution in [-0.4, -0.2) is 48.2 Å². The fourth-order valence-electron chi connectivity index (χ4n) is 1.84. The largest absolute Gasteiger partial charge is 0.480 e. The molecule has 0 amide bonds. The van der Waals surface area contributed by atoms with E-state index in [1.807, 2.05) is 0 Å². The van der Waals surface area contributed by atoms with Gasteiger partial charge in [0, 0.05) is 6.54 Å². The Bertz CT molecular complexity index is 242. The van der Waals surface area contributed by atoms with Crippen molar-refractivity contribution >= 4 is 11.9 Å². The third kappa shape index (κ3) is 3.87. The van der Waals surface area contributed by atoms with Gasteiger partial charge in [-0.05, 0) is 26.3 Å². The number of piperidine rings is 1. The van der Waals surface area contributed by atoms with Crippen LogP contribution in [0, 0.1) is 5.92 Å². The van der Waals surface area contributed by atoms with Gasteiger partial charge in [0.05, 0.1) is 19.1 Å². The molecule has 1 heterocycles. The Balaban J connectivity index is 2.41. The van der Waals surface area contributed by atoms with Gasteiger partial charge < -0.3 is 9.84 Å². The van der Waals surface area contributed by atoms with E-state index in [-0.39, 0.29) is 18.4 Å². The molecular formula is C10H17NO4. The van der Waals surface area contributed by atoms with Crippen LogP contribution in [-0.2, 0) is 14.3 Å². The molecule has 0 aliphatic carbocycles. The molecule has 1 saturated heterocycles. The summed E-state index contributed by atoms with van der Waals surface area (Å²) >= 11 is 0. The number of ether oxygens (including phenoxy) is 1. The van der Waals surface area contributed by atoms with Crippen molar-refractivity contribution in [2.75, 3.05) is 26.2 Å². The van der Waals surface area contributed by atoms with Gasteiger partial charge in [0.25, 0.3) is 0 Å². The van der Waals surface area contributed by atoms with E-state index in [4.69, 9.17) is 9.84 Å². The van der Waals surface area contributed by atoms with Gasteiger partial charge in [0.1, 0.15) is 0 Å². The first-order valence-electron chi connectivity index (χ1n) is 5.24. The van der Waals surface area contributed by atoms with Crippen molar-refractivity contribution in [2.45, 2.75) is 19.8 Å². The zero-order valence-electron chi connectivity index (χ0n) is 8.94. The quantitative estimate of drug-likeness (QED) is 0.685. The third-order valence-corrected chi connectivity index (χ3v) is 2.48. The van der Waals surface area contributed by atoms with Gasteiger partial charge in [-0.15, -0.1) is 0 Å². The minimum atomic E-state index is -0.848. The summed E-state index contributed by atoms with van der Waals surface area (Å²) in [6, 6.07) is 0. The highest BCUT2D eigenvalue weighted by atomic mass is 16.5. The van der Waals surface area contributed by atoms with E-state index in [2.05, 4.69) is 0 Å². The number of nitrogens with zero attached hydrogens (tertiary/aromatic N) is 1. The molecule has 0 aromatic rings. The summed E-state index contributed by atoms with van der Waals surface area (Å²) in [4.78, 5) is 23.7. The minimum Gasteiger partial charge on any atom is -0.480 e. The van der Waals surface area contributed by atoms with Gasteiger partial charge in [-0.25, -0.2) is 0 Å². The number of esters is 1. The number of likely N-dealkylation sites (tertiary alicyclic amines) is 1. The van der Waals surface area contributed by atoms with Crippen molar-refractivity contribution in [3.63, 3.8) is 0 Å². The Hall–Kier alpha value is -1.10. The van der Waals surface area contributed by atoms with Gasteiger partial charge >= 0.3 is 11.9 Å². The lowest BCUT2D eigenvalue weighted by atomic mass is 9.98. The maximum Gasteiger partial charge on any atom is 0.317 e. The standard InChI is InChI=1S/C10H17NO4/c1-2-15-10(14)8-4-3-5-11(6-8)7-9(12)13/h8H,2-7H2,1H3,(H,12,13). The van der Waals surface area contributed by atoms with Crippen LogP contribution in [0.4, 0.5) is 0 Å². The molecule has 1 atom stereocenters. The van der Waals surface area contributed by atoms with E-state index in [1.165, 1.54) is 0 Å². The van der Waals surface area contributed by atoms with Crippen LogP contribution in [0.5, 0.6) is 0 Å². The molecule has 86 valence electrons. The molecule has 5 nitrogen and oxygen atoms in total. The maximum absolute atomic E-state index is 11.4. The second kappa shape index (κ2) is 5.70. The molecule has 1 fully saturated rings. The monoisotopic (exact) mass is 215 g/mol. The summed E-state index contributed by atoms with van der Waals surface area (Å²) in [5, 5.41) is 8.64. The average molecular weight is 215 g/mol. The van der Waals surface area contributed by atoms with E-state index in [0.717, 1.165) is 19.4 Å². The van der Waals surface area contributed by atoms with Crippen LogP contribution >= 0.6 is 0 Å². The molecule has 1 aliphatic rings. The molecule has 0 spiro atoms. The second-order valence-corrected chi connectivity index (χ2v) is 3.72. The van der Waals surface area contributed by atoms with E-state index >= 15 is 0 Å². The van der Waals surface area contributed by atoms with Gasteiger partial charge in [-0.3, -0.25) is 14.5 Å². The van der Waals surface area contributed by atoms with Crippen molar-refractivity contribution in [3.05, 3.63) is 0 Å². The highest BCUT2D eigenvalue weighted by molar-refractivity contribution is 5.73. The van der Waals surface area contributed by atoms with Crippen LogP contribution < -0.4 is 0 Å². The lowest BCUT2D eigenvalue weighted by molar-refractivity contribution is -0.151. The SMILES string of the molecule is CCOC(=O)C1CCCN(CC(=O)O)C1. The second-order valence-electron chi connectivity index (χ2n) is 3.72. The molecule has 0 saturated carbocycles. The van der Waals surface area contributed by atoms with Crippen LogP contribution in [0.25, 0.3) is 0 Å². The predicted octanol–water partition coefficient (Wildman–Crippen LogP) is 0.346. The first-order chi connectivity index (χ1) is 7.13. The van der Waals surface area contributed by atoms with Crippen molar-refractivity contribution < 1.29 is 19.4 Å². The first kappa shape index (κ1) is 12.0. The van der Waals surface area contributed by atoms with Crippen LogP contribution in [0.1, 0.15) is 19.8 Å². The highest BCUT2D eigenvalue weighted by Crippen LogP contribution is 2.17. The molecule has 0 bridgehead atoms. The number of hydrogen-bond acceptors (Lipinski definition) is 4. The van der Waals surface area contributed by atoms with Crippen molar-refractivity contribution in [2.24, 2.45) is 5.92 Å². The average Bonchev–Trinajstić information content (AvgIpc) is 2.17.